The molecule has 6 heteroatoms. The van der Waals surface area contributed by atoms with E-state index in [1.54, 1.807) is 24.3 Å². The number of para-hydroxylation sites is 1. The van der Waals surface area contributed by atoms with Crippen LogP contribution in [-0.4, -0.2) is 22.7 Å². The van der Waals surface area contributed by atoms with Gasteiger partial charge in [-0.15, -0.1) is 0 Å². The van der Waals surface area contributed by atoms with Gasteiger partial charge in [-0.2, -0.15) is 0 Å². The molecule has 0 radical (unpaired) electrons. The van der Waals surface area contributed by atoms with E-state index in [9.17, 15) is 14.0 Å². The average Bonchev–Trinajstić information content (AvgIpc) is 2.66. The van der Waals surface area contributed by atoms with Gasteiger partial charge in [0.15, 0.2) is 5.84 Å². The Kier molecular flexibility index (Phi) is 3.42. The lowest BCUT2D eigenvalue weighted by atomic mass is 10.1. The van der Waals surface area contributed by atoms with Crippen LogP contribution in [-0.2, 0) is 4.79 Å². The molecule has 1 aliphatic rings. The summed E-state index contributed by atoms with van der Waals surface area (Å²) in [5, 5.41) is 1.07. The van der Waals surface area contributed by atoms with Crippen LogP contribution in [0.4, 0.5) is 10.1 Å². The van der Waals surface area contributed by atoms with Gasteiger partial charge in [-0.1, -0.05) is 12.1 Å². The third-order valence-electron chi connectivity index (χ3n) is 3.22. The van der Waals surface area contributed by atoms with Gasteiger partial charge in [0.2, 0.25) is 5.91 Å². The van der Waals surface area contributed by atoms with Gasteiger partial charge in [-0.3, -0.25) is 15.0 Å². The molecule has 1 N–H and O–H groups in total. The van der Waals surface area contributed by atoms with E-state index in [2.05, 4.69) is 10.4 Å². The fraction of sp³-hybridized carbons (Fsp3) is 0.0625. The maximum absolute atomic E-state index is 13.1. The minimum absolute atomic E-state index is 0.241. The Balaban J connectivity index is 2.18. The van der Waals surface area contributed by atoms with E-state index in [-0.39, 0.29) is 5.84 Å². The molecule has 2 aromatic rings. The standard InChI is InChI=1S/C16H12FN3O2/c1-10(21)20-15(11-6-8-12(17)9-7-11)18-14-5-3-2-4-13(14)16(22)19-20/h2-9H,1H3,(H,19,22). The summed E-state index contributed by atoms with van der Waals surface area (Å²) in [5.41, 5.74) is 3.85. The van der Waals surface area contributed by atoms with Crippen LogP contribution in [0.15, 0.2) is 53.5 Å². The molecule has 1 aliphatic heterocycles. The first-order valence-electron chi connectivity index (χ1n) is 6.61. The minimum Gasteiger partial charge on any atom is -0.273 e. The van der Waals surface area contributed by atoms with Crippen molar-refractivity contribution in [3.8, 4) is 0 Å². The molecule has 0 aliphatic carbocycles. The van der Waals surface area contributed by atoms with Gasteiger partial charge in [0, 0.05) is 12.5 Å². The number of amides is 2. The van der Waals surface area contributed by atoms with Gasteiger partial charge < -0.3 is 0 Å². The number of amidine groups is 1. The largest absolute Gasteiger partial charge is 0.273 e. The first kappa shape index (κ1) is 13.9. The molecule has 0 atom stereocenters. The Bertz CT molecular complexity index is 784. The summed E-state index contributed by atoms with van der Waals surface area (Å²) >= 11 is 0. The highest BCUT2D eigenvalue weighted by atomic mass is 19.1. The predicted octanol–water partition coefficient (Wildman–Crippen LogP) is 2.41. The average molecular weight is 297 g/mol. The molecule has 22 heavy (non-hydrogen) atoms. The number of halogens is 1. The first-order chi connectivity index (χ1) is 10.6. The number of hydrogen-bond acceptors (Lipinski definition) is 3. The zero-order valence-corrected chi connectivity index (χ0v) is 11.7. The normalized spacial score (nSPS) is 13.8. The molecule has 2 aromatic carbocycles. The number of nitrogens with zero attached hydrogens (tertiary/aromatic N) is 2. The Morgan fingerprint density at radius 2 is 1.82 bits per heavy atom. The number of fused-ring (bicyclic) bond motifs is 1. The molecule has 2 amide bonds. The van der Waals surface area contributed by atoms with Crippen molar-refractivity contribution in [2.75, 3.05) is 0 Å². The first-order valence-corrected chi connectivity index (χ1v) is 6.61. The Morgan fingerprint density at radius 3 is 2.50 bits per heavy atom. The highest BCUT2D eigenvalue weighted by Crippen LogP contribution is 2.23. The number of hydrogen-bond donors (Lipinski definition) is 1. The van der Waals surface area contributed by atoms with E-state index in [4.69, 9.17) is 0 Å². The molecule has 0 unspecified atom stereocenters. The van der Waals surface area contributed by atoms with E-state index in [0.29, 0.717) is 16.8 Å². The zero-order valence-electron chi connectivity index (χ0n) is 11.7. The Labute approximate surface area is 126 Å². The highest BCUT2D eigenvalue weighted by molar-refractivity contribution is 6.13. The van der Waals surface area contributed by atoms with Crippen molar-refractivity contribution in [3.05, 3.63) is 65.5 Å². The van der Waals surface area contributed by atoms with Crippen LogP contribution in [0.25, 0.3) is 0 Å². The van der Waals surface area contributed by atoms with Gasteiger partial charge in [0.1, 0.15) is 5.82 Å². The maximum atomic E-state index is 13.1. The number of hydrazine groups is 1. The Hall–Kier alpha value is -3.02. The molecule has 0 saturated carbocycles. The molecule has 0 fully saturated rings. The number of aliphatic imine (C=N–C) groups is 1. The second-order valence-electron chi connectivity index (χ2n) is 4.75. The summed E-state index contributed by atoms with van der Waals surface area (Å²) in [6, 6.07) is 12.3. The minimum atomic E-state index is -0.424. The van der Waals surface area contributed by atoms with E-state index >= 15 is 0 Å². The van der Waals surface area contributed by atoms with Crippen LogP contribution >= 0.6 is 0 Å². The molecule has 1 heterocycles. The van der Waals surface area contributed by atoms with Crippen LogP contribution in [0, 0.1) is 5.82 Å². The number of benzene rings is 2. The van der Waals surface area contributed by atoms with Gasteiger partial charge in [0.25, 0.3) is 5.91 Å². The molecule has 0 bridgehead atoms. The van der Waals surface area contributed by atoms with Crippen molar-refractivity contribution in [3.63, 3.8) is 0 Å². The number of carbonyl (C=O) groups is 2. The monoisotopic (exact) mass is 297 g/mol. The van der Waals surface area contributed by atoms with Gasteiger partial charge in [0.05, 0.1) is 11.3 Å². The highest BCUT2D eigenvalue weighted by Gasteiger charge is 2.26. The molecule has 0 spiro atoms. The third-order valence-corrected chi connectivity index (χ3v) is 3.22. The summed E-state index contributed by atoms with van der Waals surface area (Å²) in [6.45, 7) is 1.31. The van der Waals surface area contributed by atoms with E-state index < -0.39 is 17.6 Å². The van der Waals surface area contributed by atoms with Crippen molar-refractivity contribution in [1.82, 2.24) is 10.4 Å². The van der Waals surface area contributed by atoms with Crippen LogP contribution in [0.3, 0.4) is 0 Å². The lowest BCUT2D eigenvalue weighted by molar-refractivity contribution is -0.126. The topological polar surface area (TPSA) is 61.8 Å². The molecule has 110 valence electrons. The second-order valence-corrected chi connectivity index (χ2v) is 4.75. The number of nitrogens with one attached hydrogen (secondary N) is 1. The second kappa shape index (κ2) is 5.40. The summed E-state index contributed by atoms with van der Waals surface area (Å²) in [6.07, 6.45) is 0. The van der Waals surface area contributed by atoms with Crippen molar-refractivity contribution < 1.29 is 14.0 Å². The maximum Gasteiger partial charge on any atom is 0.272 e. The van der Waals surface area contributed by atoms with Crippen LogP contribution in [0.2, 0.25) is 0 Å². The molecular formula is C16H12FN3O2. The summed E-state index contributed by atoms with van der Waals surface area (Å²) in [5.74, 6) is -0.974. The molecule has 3 rings (SSSR count). The van der Waals surface area contributed by atoms with E-state index in [0.717, 1.165) is 5.01 Å². The lowest BCUT2D eigenvalue weighted by Gasteiger charge is -2.21. The van der Waals surface area contributed by atoms with Crippen LogP contribution < -0.4 is 5.43 Å². The zero-order chi connectivity index (χ0) is 15.7. The summed E-state index contributed by atoms with van der Waals surface area (Å²) < 4.78 is 13.1. The Morgan fingerprint density at radius 1 is 1.14 bits per heavy atom. The fourth-order valence-corrected chi connectivity index (χ4v) is 2.16. The van der Waals surface area contributed by atoms with Gasteiger partial charge in [-0.25, -0.2) is 14.4 Å². The smallest absolute Gasteiger partial charge is 0.272 e. The van der Waals surface area contributed by atoms with Crippen LogP contribution in [0.1, 0.15) is 22.8 Å². The molecule has 0 aromatic heterocycles. The van der Waals surface area contributed by atoms with Crippen molar-refractivity contribution in [2.24, 2.45) is 4.99 Å². The fourth-order valence-electron chi connectivity index (χ4n) is 2.16. The third kappa shape index (κ3) is 2.46. The summed E-state index contributed by atoms with van der Waals surface area (Å²) in [4.78, 5) is 28.5. The van der Waals surface area contributed by atoms with Crippen molar-refractivity contribution in [2.45, 2.75) is 6.92 Å². The van der Waals surface area contributed by atoms with E-state index in [1.807, 2.05) is 0 Å². The van der Waals surface area contributed by atoms with Gasteiger partial charge in [-0.05, 0) is 36.4 Å². The van der Waals surface area contributed by atoms with Gasteiger partial charge >= 0.3 is 0 Å². The number of rotatable bonds is 1. The summed E-state index contributed by atoms with van der Waals surface area (Å²) in [7, 11) is 0. The SMILES string of the molecule is CC(=O)N1NC(=O)c2ccccc2N=C1c1ccc(F)cc1. The lowest BCUT2D eigenvalue weighted by Crippen LogP contribution is -2.48. The number of carbonyl (C=O) groups excluding carboxylic acids is 2. The van der Waals surface area contributed by atoms with Crippen molar-refractivity contribution >= 4 is 23.3 Å². The molecule has 5 nitrogen and oxygen atoms in total. The quantitative estimate of drug-likeness (QED) is 0.878. The van der Waals surface area contributed by atoms with Crippen molar-refractivity contribution in [1.29, 1.82) is 0 Å². The van der Waals surface area contributed by atoms with Crippen LogP contribution in [0.5, 0.6) is 0 Å². The van der Waals surface area contributed by atoms with E-state index in [1.165, 1.54) is 31.2 Å². The molecule has 0 saturated heterocycles. The predicted molar refractivity (Wildman–Crippen MR) is 79.0 cm³/mol. The molecular weight excluding hydrogens is 285 g/mol.